The van der Waals surface area contributed by atoms with E-state index in [1.165, 1.54) is 12.0 Å². The quantitative estimate of drug-likeness (QED) is 0.707. The maximum atomic E-state index is 4.04. The molecular weight excluding hydrogens is 160 g/mol. The third kappa shape index (κ3) is 1.73. The monoisotopic (exact) mass is 176 g/mol. The minimum atomic E-state index is 0.595. The Bertz CT molecular complexity index is 271. The lowest BCUT2D eigenvalue weighted by atomic mass is 9.93. The molecule has 0 spiro atoms. The Hall–Kier alpha value is -0.890. The largest absolute Gasteiger partial charge is 0.311 e. The fraction of sp³-hybridized carbons (Fsp3) is 0.545. The van der Waals surface area contributed by atoms with Crippen LogP contribution in [0.4, 0.5) is 0 Å². The predicted octanol–water partition coefficient (Wildman–Crippen LogP) is 1.94. The minimum Gasteiger partial charge on any atom is -0.311 e. The van der Waals surface area contributed by atoms with Crippen molar-refractivity contribution in [1.29, 1.82) is 0 Å². The molecule has 1 aromatic rings. The Morgan fingerprint density at radius 1 is 1.31 bits per heavy atom. The van der Waals surface area contributed by atoms with Crippen molar-refractivity contribution in [3.05, 3.63) is 30.1 Å². The van der Waals surface area contributed by atoms with Crippen molar-refractivity contribution in [3.63, 3.8) is 0 Å². The molecule has 2 heteroatoms. The van der Waals surface area contributed by atoms with Crippen LogP contribution in [0.3, 0.4) is 0 Å². The maximum absolute atomic E-state index is 4.04. The standard InChI is InChI=1S/C11H16N2/c1-8-7-11(9(2)13-8)10-3-5-12-6-4-10/h3-6,8-9,11,13H,7H2,1-2H3. The van der Waals surface area contributed by atoms with E-state index < -0.39 is 0 Å². The molecule has 1 aliphatic rings. The van der Waals surface area contributed by atoms with E-state index in [1.807, 2.05) is 12.4 Å². The van der Waals surface area contributed by atoms with Crippen LogP contribution in [0.25, 0.3) is 0 Å². The highest BCUT2D eigenvalue weighted by atomic mass is 15.0. The highest BCUT2D eigenvalue weighted by molar-refractivity contribution is 5.20. The molecule has 13 heavy (non-hydrogen) atoms. The summed E-state index contributed by atoms with van der Waals surface area (Å²) in [6, 6.07) is 5.49. The fourth-order valence-corrected chi connectivity index (χ4v) is 2.25. The number of hydrogen-bond donors (Lipinski definition) is 1. The van der Waals surface area contributed by atoms with Gasteiger partial charge in [-0.1, -0.05) is 0 Å². The average molecular weight is 176 g/mol. The first-order chi connectivity index (χ1) is 6.27. The molecule has 3 atom stereocenters. The molecule has 2 nitrogen and oxygen atoms in total. The SMILES string of the molecule is CC1CC(c2ccncc2)C(C)N1. The van der Waals surface area contributed by atoms with Gasteiger partial charge in [0, 0.05) is 30.4 Å². The summed E-state index contributed by atoms with van der Waals surface area (Å²) in [5.74, 6) is 0.665. The van der Waals surface area contributed by atoms with E-state index >= 15 is 0 Å². The first-order valence-corrected chi connectivity index (χ1v) is 4.93. The van der Waals surface area contributed by atoms with Crippen LogP contribution in [0.2, 0.25) is 0 Å². The van der Waals surface area contributed by atoms with Gasteiger partial charge in [-0.2, -0.15) is 0 Å². The second-order valence-electron chi connectivity index (χ2n) is 3.98. The van der Waals surface area contributed by atoms with Crippen LogP contribution in [0.1, 0.15) is 31.7 Å². The first-order valence-electron chi connectivity index (χ1n) is 4.93. The lowest BCUT2D eigenvalue weighted by molar-refractivity contribution is 0.574. The Balaban J connectivity index is 2.18. The molecule has 0 bridgehead atoms. The number of nitrogens with zero attached hydrogens (tertiary/aromatic N) is 1. The van der Waals surface area contributed by atoms with E-state index in [1.54, 1.807) is 0 Å². The first kappa shape index (κ1) is 8.70. The fourth-order valence-electron chi connectivity index (χ4n) is 2.25. The lowest BCUT2D eigenvalue weighted by Crippen LogP contribution is -2.26. The second kappa shape index (κ2) is 3.46. The van der Waals surface area contributed by atoms with Gasteiger partial charge in [0.2, 0.25) is 0 Å². The van der Waals surface area contributed by atoms with Crippen LogP contribution >= 0.6 is 0 Å². The Kier molecular flexibility index (Phi) is 2.32. The molecule has 1 aromatic heterocycles. The molecule has 3 unspecified atom stereocenters. The highest BCUT2D eigenvalue weighted by Crippen LogP contribution is 2.29. The van der Waals surface area contributed by atoms with E-state index in [-0.39, 0.29) is 0 Å². The zero-order chi connectivity index (χ0) is 9.26. The summed E-state index contributed by atoms with van der Waals surface area (Å²) in [5.41, 5.74) is 1.42. The lowest BCUT2D eigenvalue weighted by Gasteiger charge is -2.14. The molecule has 1 fully saturated rings. The smallest absolute Gasteiger partial charge is 0.0270 e. The Labute approximate surface area is 79.4 Å². The number of pyridine rings is 1. The molecule has 1 saturated heterocycles. The summed E-state index contributed by atoms with van der Waals surface area (Å²) in [6.07, 6.45) is 5.00. The molecule has 1 aliphatic heterocycles. The van der Waals surface area contributed by atoms with Crippen LogP contribution in [0.15, 0.2) is 24.5 Å². The summed E-state index contributed by atoms with van der Waals surface area (Å²) in [7, 11) is 0. The topological polar surface area (TPSA) is 24.9 Å². The van der Waals surface area contributed by atoms with Gasteiger partial charge in [0.15, 0.2) is 0 Å². The highest BCUT2D eigenvalue weighted by Gasteiger charge is 2.28. The van der Waals surface area contributed by atoms with Gasteiger partial charge in [-0.15, -0.1) is 0 Å². The van der Waals surface area contributed by atoms with E-state index in [2.05, 4.69) is 36.3 Å². The van der Waals surface area contributed by atoms with Crippen LogP contribution < -0.4 is 5.32 Å². The van der Waals surface area contributed by atoms with Gasteiger partial charge < -0.3 is 5.32 Å². The van der Waals surface area contributed by atoms with E-state index in [0.717, 1.165) is 0 Å². The average Bonchev–Trinajstić information content (AvgIpc) is 2.47. The van der Waals surface area contributed by atoms with Crippen molar-refractivity contribution in [3.8, 4) is 0 Å². The van der Waals surface area contributed by atoms with Gasteiger partial charge >= 0.3 is 0 Å². The summed E-state index contributed by atoms with van der Waals surface area (Å²) in [6.45, 7) is 4.51. The predicted molar refractivity (Wildman–Crippen MR) is 53.7 cm³/mol. The minimum absolute atomic E-state index is 0.595. The van der Waals surface area contributed by atoms with Crippen molar-refractivity contribution in [1.82, 2.24) is 10.3 Å². The molecule has 2 rings (SSSR count). The number of aromatic nitrogens is 1. The van der Waals surface area contributed by atoms with Crippen molar-refractivity contribution in [2.45, 2.75) is 38.3 Å². The maximum Gasteiger partial charge on any atom is 0.0270 e. The van der Waals surface area contributed by atoms with E-state index in [9.17, 15) is 0 Å². The molecule has 1 N–H and O–H groups in total. The van der Waals surface area contributed by atoms with Crippen LogP contribution in [-0.4, -0.2) is 17.1 Å². The molecule has 2 heterocycles. The van der Waals surface area contributed by atoms with Gasteiger partial charge in [-0.3, -0.25) is 4.98 Å². The Morgan fingerprint density at radius 2 is 2.00 bits per heavy atom. The summed E-state index contributed by atoms with van der Waals surface area (Å²) in [4.78, 5) is 4.04. The van der Waals surface area contributed by atoms with E-state index in [0.29, 0.717) is 18.0 Å². The zero-order valence-electron chi connectivity index (χ0n) is 8.20. The normalized spacial score (nSPS) is 33.5. The number of hydrogen-bond acceptors (Lipinski definition) is 2. The molecule has 0 radical (unpaired) electrons. The second-order valence-corrected chi connectivity index (χ2v) is 3.98. The van der Waals surface area contributed by atoms with Gasteiger partial charge in [0.05, 0.1) is 0 Å². The van der Waals surface area contributed by atoms with Crippen molar-refractivity contribution in [2.24, 2.45) is 0 Å². The van der Waals surface area contributed by atoms with Gasteiger partial charge in [-0.25, -0.2) is 0 Å². The van der Waals surface area contributed by atoms with Gasteiger partial charge in [0.25, 0.3) is 0 Å². The van der Waals surface area contributed by atoms with Crippen molar-refractivity contribution >= 4 is 0 Å². The van der Waals surface area contributed by atoms with Crippen LogP contribution in [0, 0.1) is 0 Å². The third-order valence-electron chi connectivity index (χ3n) is 2.89. The summed E-state index contributed by atoms with van der Waals surface area (Å²) in [5, 5.41) is 3.54. The van der Waals surface area contributed by atoms with E-state index in [4.69, 9.17) is 0 Å². The molecule has 0 saturated carbocycles. The summed E-state index contributed by atoms with van der Waals surface area (Å²) >= 11 is 0. The number of rotatable bonds is 1. The molecule has 0 aliphatic carbocycles. The van der Waals surface area contributed by atoms with Crippen LogP contribution in [0.5, 0.6) is 0 Å². The van der Waals surface area contributed by atoms with Crippen molar-refractivity contribution in [2.75, 3.05) is 0 Å². The third-order valence-corrected chi connectivity index (χ3v) is 2.89. The zero-order valence-corrected chi connectivity index (χ0v) is 8.20. The number of nitrogens with one attached hydrogen (secondary N) is 1. The molecule has 0 amide bonds. The molecule has 0 aromatic carbocycles. The van der Waals surface area contributed by atoms with Gasteiger partial charge in [-0.05, 0) is 38.0 Å². The Morgan fingerprint density at radius 3 is 2.54 bits per heavy atom. The summed E-state index contributed by atoms with van der Waals surface area (Å²) < 4.78 is 0. The van der Waals surface area contributed by atoms with Crippen molar-refractivity contribution < 1.29 is 0 Å². The molecule has 70 valence electrons. The van der Waals surface area contributed by atoms with Crippen LogP contribution in [-0.2, 0) is 0 Å². The molecular formula is C11H16N2. The van der Waals surface area contributed by atoms with Gasteiger partial charge in [0.1, 0.15) is 0 Å².